The third kappa shape index (κ3) is 3.98. The second-order valence-corrected chi connectivity index (χ2v) is 8.66. The van der Waals surface area contributed by atoms with E-state index in [1.165, 1.54) is 34.6 Å². The van der Waals surface area contributed by atoms with Crippen molar-refractivity contribution in [2.75, 3.05) is 41.7 Å². The highest BCUT2D eigenvalue weighted by Gasteiger charge is 2.24. The van der Waals surface area contributed by atoms with Gasteiger partial charge in [0, 0.05) is 37.4 Å². The van der Waals surface area contributed by atoms with Crippen molar-refractivity contribution in [3.05, 3.63) is 90.5 Å². The lowest BCUT2D eigenvalue weighted by Gasteiger charge is -2.36. The topological polar surface area (TPSA) is 76.1 Å². The number of para-hydroxylation sites is 1. The molecule has 0 radical (unpaired) electrons. The van der Waals surface area contributed by atoms with E-state index in [0.29, 0.717) is 33.9 Å². The molecular weight excluding hydrogens is 460 g/mol. The first-order chi connectivity index (χ1) is 17.6. The Hall–Kier alpha value is -4.53. The van der Waals surface area contributed by atoms with Gasteiger partial charge in [0.1, 0.15) is 17.5 Å². The Balaban J connectivity index is 1.43. The second kappa shape index (κ2) is 8.92. The maximum Gasteiger partial charge on any atom is 0.228 e. The van der Waals surface area contributed by atoms with E-state index in [1.54, 1.807) is 24.3 Å². The third-order valence-corrected chi connectivity index (χ3v) is 6.41. The summed E-state index contributed by atoms with van der Waals surface area (Å²) in [5, 5.41) is 5.15. The molecule has 3 heterocycles. The van der Waals surface area contributed by atoms with Gasteiger partial charge in [0.15, 0.2) is 5.65 Å². The molecule has 0 unspecified atom stereocenters. The Morgan fingerprint density at radius 2 is 1.39 bits per heavy atom. The Kier molecular flexibility index (Phi) is 5.44. The average Bonchev–Trinajstić information content (AvgIpc) is 3.25. The molecule has 3 aromatic carbocycles. The first-order valence-electron chi connectivity index (χ1n) is 11.7. The zero-order chi connectivity index (χ0) is 24.6. The molecule has 0 atom stereocenters. The van der Waals surface area contributed by atoms with E-state index in [0.717, 1.165) is 26.2 Å². The number of aromatic nitrogens is 4. The van der Waals surface area contributed by atoms with Gasteiger partial charge in [-0.2, -0.15) is 4.98 Å². The number of piperazine rings is 1. The van der Waals surface area contributed by atoms with Crippen LogP contribution in [0.25, 0.3) is 28.0 Å². The van der Waals surface area contributed by atoms with Gasteiger partial charge in [-0.05, 0) is 54.6 Å². The minimum Gasteiger partial charge on any atom is -0.383 e. The number of nitrogens with zero attached hydrogens (tertiary/aromatic N) is 6. The summed E-state index contributed by atoms with van der Waals surface area (Å²) in [6, 6.07) is 22.4. The third-order valence-electron chi connectivity index (χ3n) is 6.41. The van der Waals surface area contributed by atoms with Gasteiger partial charge in [-0.3, -0.25) is 0 Å². The van der Waals surface area contributed by atoms with Crippen LogP contribution in [-0.2, 0) is 0 Å². The van der Waals surface area contributed by atoms with Crippen LogP contribution in [0.4, 0.5) is 26.2 Å². The largest absolute Gasteiger partial charge is 0.383 e. The highest BCUT2D eigenvalue weighted by atomic mass is 19.1. The van der Waals surface area contributed by atoms with Gasteiger partial charge in [0.25, 0.3) is 0 Å². The van der Waals surface area contributed by atoms with Crippen molar-refractivity contribution < 1.29 is 8.78 Å². The van der Waals surface area contributed by atoms with Crippen molar-refractivity contribution in [2.45, 2.75) is 0 Å². The number of halogens is 2. The normalized spacial score (nSPS) is 13.9. The van der Waals surface area contributed by atoms with Crippen LogP contribution in [0.3, 0.4) is 0 Å². The summed E-state index contributed by atoms with van der Waals surface area (Å²) < 4.78 is 29.1. The van der Waals surface area contributed by atoms with Gasteiger partial charge < -0.3 is 15.5 Å². The van der Waals surface area contributed by atoms with Crippen molar-refractivity contribution in [3.63, 3.8) is 0 Å². The molecule has 1 aliphatic heterocycles. The smallest absolute Gasteiger partial charge is 0.228 e. The summed E-state index contributed by atoms with van der Waals surface area (Å²) in [6.07, 6.45) is 0. The summed E-state index contributed by atoms with van der Waals surface area (Å²) in [6.45, 7) is 3.08. The molecule has 0 amide bonds. The molecule has 2 aromatic heterocycles. The number of hydrogen-bond acceptors (Lipinski definition) is 6. The fourth-order valence-corrected chi connectivity index (χ4v) is 4.57. The van der Waals surface area contributed by atoms with Crippen LogP contribution in [0.1, 0.15) is 0 Å². The molecule has 180 valence electrons. The zero-order valence-corrected chi connectivity index (χ0v) is 19.4. The summed E-state index contributed by atoms with van der Waals surface area (Å²) in [7, 11) is 0. The molecule has 0 bridgehead atoms. The molecule has 1 fully saturated rings. The van der Waals surface area contributed by atoms with Crippen LogP contribution < -0.4 is 15.5 Å². The van der Waals surface area contributed by atoms with Gasteiger partial charge in [-0.1, -0.05) is 24.3 Å². The van der Waals surface area contributed by atoms with Gasteiger partial charge >= 0.3 is 0 Å². The van der Waals surface area contributed by atoms with Crippen LogP contribution in [0.5, 0.6) is 0 Å². The Labute approximate surface area is 206 Å². The molecule has 1 saturated heterocycles. The highest BCUT2D eigenvalue weighted by molar-refractivity contribution is 5.99. The standard InChI is InChI=1S/C27H23F2N7/c28-19-11-9-18(10-12-19)24-23-25(30)36(22-8-4-5-20(29)17-22)33-26(23)32-27(31-24)35-15-13-34(14-16-35)21-6-2-1-3-7-21/h1-12,17H,13-16,30H2. The monoisotopic (exact) mass is 483 g/mol. The van der Waals surface area contributed by atoms with Gasteiger partial charge in [0.05, 0.1) is 16.8 Å². The number of rotatable bonds is 4. The van der Waals surface area contributed by atoms with E-state index < -0.39 is 5.82 Å². The van der Waals surface area contributed by atoms with Crippen LogP contribution in [0.15, 0.2) is 78.9 Å². The number of nitrogen functional groups attached to an aromatic ring is 1. The molecule has 5 aromatic rings. The lowest BCUT2D eigenvalue weighted by Crippen LogP contribution is -2.47. The molecule has 6 rings (SSSR count). The van der Waals surface area contributed by atoms with E-state index in [1.807, 2.05) is 18.2 Å². The minimum absolute atomic E-state index is 0.287. The zero-order valence-electron chi connectivity index (χ0n) is 19.4. The van der Waals surface area contributed by atoms with E-state index in [4.69, 9.17) is 15.7 Å². The summed E-state index contributed by atoms with van der Waals surface area (Å²) in [5.74, 6) is 0.0758. The maximum absolute atomic E-state index is 13.9. The lowest BCUT2D eigenvalue weighted by atomic mass is 10.1. The van der Waals surface area contributed by atoms with Crippen LogP contribution in [0.2, 0.25) is 0 Å². The quantitative estimate of drug-likeness (QED) is 0.400. The fourth-order valence-electron chi connectivity index (χ4n) is 4.57. The molecule has 9 heteroatoms. The summed E-state index contributed by atoms with van der Waals surface area (Å²) in [5.41, 5.74) is 9.81. The average molecular weight is 484 g/mol. The number of anilines is 3. The van der Waals surface area contributed by atoms with Crippen LogP contribution in [-0.4, -0.2) is 45.9 Å². The van der Waals surface area contributed by atoms with Crippen molar-refractivity contribution in [1.82, 2.24) is 19.7 Å². The fraction of sp³-hybridized carbons (Fsp3) is 0.148. The van der Waals surface area contributed by atoms with Crippen molar-refractivity contribution >= 4 is 28.5 Å². The number of fused-ring (bicyclic) bond motifs is 1. The Morgan fingerprint density at radius 3 is 2.11 bits per heavy atom. The van der Waals surface area contributed by atoms with Gasteiger partial charge in [-0.25, -0.2) is 18.4 Å². The molecule has 0 saturated carbocycles. The highest BCUT2D eigenvalue weighted by Crippen LogP contribution is 2.34. The van der Waals surface area contributed by atoms with E-state index in [-0.39, 0.29) is 11.6 Å². The van der Waals surface area contributed by atoms with E-state index in [2.05, 4.69) is 27.0 Å². The first kappa shape index (κ1) is 22.0. The maximum atomic E-state index is 13.9. The summed E-state index contributed by atoms with van der Waals surface area (Å²) in [4.78, 5) is 14.1. The van der Waals surface area contributed by atoms with Crippen molar-refractivity contribution in [2.24, 2.45) is 0 Å². The molecule has 7 nitrogen and oxygen atoms in total. The molecular formula is C27H23F2N7. The predicted octanol–water partition coefficient (Wildman–Crippen LogP) is 4.67. The SMILES string of the molecule is Nc1c2c(-c3ccc(F)cc3)nc(N3CCN(c4ccccc4)CC3)nc2nn1-c1cccc(F)c1. The van der Waals surface area contributed by atoms with Crippen molar-refractivity contribution in [3.8, 4) is 16.9 Å². The van der Waals surface area contributed by atoms with E-state index in [9.17, 15) is 8.78 Å². The van der Waals surface area contributed by atoms with Crippen molar-refractivity contribution in [1.29, 1.82) is 0 Å². The minimum atomic E-state index is -0.395. The molecule has 0 spiro atoms. The lowest BCUT2D eigenvalue weighted by molar-refractivity contribution is 0.625. The number of hydrogen-bond donors (Lipinski definition) is 1. The molecule has 0 aliphatic carbocycles. The van der Waals surface area contributed by atoms with Crippen LogP contribution in [0, 0.1) is 11.6 Å². The number of benzene rings is 3. The summed E-state index contributed by atoms with van der Waals surface area (Å²) >= 11 is 0. The Morgan fingerprint density at radius 1 is 0.694 bits per heavy atom. The molecule has 1 aliphatic rings. The second-order valence-electron chi connectivity index (χ2n) is 8.66. The molecule has 36 heavy (non-hydrogen) atoms. The van der Waals surface area contributed by atoms with Gasteiger partial charge in [0.2, 0.25) is 5.95 Å². The van der Waals surface area contributed by atoms with Gasteiger partial charge in [-0.15, -0.1) is 5.10 Å². The predicted molar refractivity (Wildman–Crippen MR) is 137 cm³/mol. The van der Waals surface area contributed by atoms with Crippen LogP contribution >= 0.6 is 0 Å². The Bertz CT molecular complexity index is 1530. The number of nitrogens with two attached hydrogens (primary N) is 1. The first-order valence-corrected chi connectivity index (χ1v) is 11.7. The van der Waals surface area contributed by atoms with E-state index >= 15 is 0 Å². The molecule has 2 N–H and O–H groups in total.